The molecule has 1 aromatic carbocycles. The molecule has 0 saturated carbocycles. The molecule has 0 spiro atoms. The maximum absolute atomic E-state index is 10.2. The number of carboxylic acids is 1. The van der Waals surface area contributed by atoms with E-state index in [2.05, 4.69) is 0 Å². The highest BCUT2D eigenvalue weighted by molar-refractivity contribution is 5.67. The number of ether oxygens (including phenoxy) is 7. The molecule has 0 aliphatic carbocycles. The zero-order valence-corrected chi connectivity index (χ0v) is 17.5. The number of hydrogen-bond donors (Lipinski definition) is 1. The molecule has 0 aliphatic rings. The van der Waals surface area contributed by atoms with E-state index < -0.39 is 5.97 Å². The molecule has 0 fully saturated rings. The van der Waals surface area contributed by atoms with Crippen LogP contribution in [0.25, 0.3) is 0 Å². The smallest absolute Gasteiger partial charge is 0.329 e. The van der Waals surface area contributed by atoms with Crippen LogP contribution in [0.5, 0.6) is 0 Å². The van der Waals surface area contributed by atoms with Crippen LogP contribution in [-0.4, -0.2) is 97.0 Å². The Morgan fingerprint density at radius 1 is 0.567 bits per heavy atom. The van der Waals surface area contributed by atoms with Gasteiger partial charge in [-0.15, -0.1) is 0 Å². The number of aliphatic carboxylic acids is 1. The summed E-state index contributed by atoms with van der Waals surface area (Å²) in [6.45, 7) is 5.88. The maximum atomic E-state index is 10.2. The van der Waals surface area contributed by atoms with Gasteiger partial charge in [-0.1, -0.05) is 30.3 Å². The van der Waals surface area contributed by atoms with Crippen molar-refractivity contribution in [3.63, 3.8) is 0 Å². The Morgan fingerprint density at radius 2 is 0.933 bits per heavy atom. The van der Waals surface area contributed by atoms with E-state index >= 15 is 0 Å². The van der Waals surface area contributed by atoms with Crippen molar-refractivity contribution in [2.24, 2.45) is 0 Å². The average molecular weight is 430 g/mol. The second-order valence-corrected chi connectivity index (χ2v) is 6.05. The van der Waals surface area contributed by atoms with Gasteiger partial charge in [0, 0.05) is 0 Å². The Bertz CT molecular complexity index is 499. The van der Waals surface area contributed by atoms with Gasteiger partial charge in [0.15, 0.2) is 0 Å². The van der Waals surface area contributed by atoms with Crippen LogP contribution in [0.1, 0.15) is 5.56 Å². The van der Waals surface area contributed by atoms with E-state index in [1.807, 2.05) is 30.3 Å². The first-order valence-electron chi connectivity index (χ1n) is 10.1. The van der Waals surface area contributed by atoms with Gasteiger partial charge in [0.25, 0.3) is 0 Å². The van der Waals surface area contributed by atoms with Crippen molar-refractivity contribution >= 4 is 5.97 Å². The fourth-order valence-electron chi connectivity index (χ4n) is 2.14. The van der Waals surface area contributed by atoms with Gasteiger partial charge < -0.3 is 38.3 Å². The van der Waals surface area contributed by atoms with E-state index in [-0.39, 0.29) is 13.2 Å². The number of benzene rings is 1. The molecule has 0 saturated heterocycles. The van der Waals surface area contributed by atoms with Gasteiger partial charge >= 0.3 is 5.97 Å². The van der Waals surface area contributed by atoms with Crippen molar-refractivity contribution in [3.8, 4) is 0 Å². The third-order valence-electron chi connectivity index (χ3n) is 3.57. The zero-order chi connectivity index (χ0) is 21.5. The Labute approximate surface area is 178 Å². The molecule has 9 heteroatoms. The van der Waals surface area contributed by atoms with Gasteiger partial charge in [-0.2, -0.15) is 0 Å². The van der Waals surface area contributed by atoms with Gasteiger partial charge in [-0.05, 0) is 5.56 Å². The van der Waals surface area contributed by atoms with E-state index in [0.717, 1.165) is 5.56 Å². The molecule has 172 valence electrons. The Hall–Kier alpha value is -1.59. The summed E-state index contributed by atoms with van der Waals surface area (Å²) in [6, 6.07) is 10.0. The van der Waals surface area contributed by atoms with Gasteiger partial charge in [0.1, 0.15) is 6.61 Å². The van der Waals surface area contributed by atoms with Gasteiger partial charge in [0.2, 0.25) is 0 Å². The van der Waals surface area contributed by atoms with E-state index in [4.69, 9.17) is 38.3 Å². The first-order chi connectivity index (χ1) is 14.8. The zero-order valence-electron chi connectivity index (χ0n) is 17.5. The predicted octanol–water partition coefficient (Wildman–Crippen LogP) is 1.39. The lowest BCUT2D eigenvalue weighted by molar-refractivity contribution is -0.142. The van der Waals surface area contributed by atoms with Crippen LogP contribution in [0.3, 0.4) is 0 Å². The predicted molar refractivity (Wildman–Crippen MR) is 109 cm³/mol. The van der Waals surface area contributed by atoms with Crippen molar-refractivity contribution in [1.29, 1.82) is 0 Å². The molecule has 0 heterocycles. The molecule has 0 bridgehead atoms. The monoisotopic (exact) mass is 430 g/mol. The number of rotatable bonds is 22. The number of carbonyl (C=O) groups is 1. The second kappa shape index (κ2) is 20.7. The fourth-order valence-corrected chi connectivity index (χ4v) is 2.14. The topological polar surface area (TPSA) is 102 Å². The van der Waals surface area contributed by atoms with Crippen LogP contribution < -0.4 is 0 Å². The molecule has 0 aromatic heterocycles. The van der Waals surface area contributed by atoms with Crippen molar-refractivity contribution in [2.75, 3.05) is 85.9 Å². The minimum absolute atomic E-state index is 0.252. The molecular weight excluding hydrogens is 396 g/mol. The summed E-state index contributed by atoms with van der Waals surface area (Å²) in [7, 11) is 0. The molecular formula is C21H34O9. The standard InChI is InChI=1S/C21H34O9/c22-21(23)19-30-17-15-28-13-11-26-9-7-24-6-8-25-10-12-27-14-16-29-18-20-4-2-1-3-5-20/h1-5H,6-19H2,(H,22,23). The van der Waals surface area contributed by atoms with Crippen molar-refractivity contribution < 1.29 is 43.1 Å². The van der Waals surface area contributed by atoms with Gasteiger partial charge in [0.05, 0.1) is 85.9 Å². The average Bonchev–Trinajstić information content (AvgIpc) is 2.75. The summed E-state index contributed by atoms with van der Waals surface area (Å²) in [5.41, 5.74) is 1.15. The molecule has 0 unspecified atom stereocenters. The molecule has 1 N–H and O–H groups in total. The highest BCUT2D eigenvalue weighted by Gasteiger charge is 1.97. The van der Waals surface area contributed by atoms with E-state index in [0.29, 0.717) is 79.3 Å². The van der Waals surface area contributed by atoms with Crippen molar-refractivity contribution in [2.45, 2.75) is 6.61 Å². The van der Waals surface area contributed by atoms with Crippen LogP contribution in [0.4, 0.5) is 0 Å². The quantitative estimate of drug-likeness (QED) is 0.273. The van der Waals surface area contributed by atoms with Gasteiger partial charge in [-0.25, -0.2) is 4.79 Å². The molecule has 0 aliphatic heterocycles. The normalized spacial score (nSPS) is 11.1. The van der Waals surface area contributed by atoms with E-state index in [1.165, 1.54) is 0 Å². The summed E-state index contributed by atoms with van der Waals surface area (Å²) in [4.78, 5) is 10.2. The lowest BCUT2D eigenvalue weighted by atomic mass is 10.2. The Kier molecular flexibility index (Phi) is 18.2. The molecule has 0 atom stereocenters. The summed E-state index contributed by atoms with van der Waals surface area (Å²) in [6.07, 6.45) is 0. The minimum atomic E-state index is -0.989. The highest BCUT2D eigenvalue weighted by atomic mass is 16.6. The largest absolute Gasteiger partial charge is 0.480 e. The third kappa shape index (κ3) is 18.4. The van der Waals surface area contributed by atoms with Crippen LogP contribution in [0.15, 0.2) is 30.3 Å². The van der Waals surface area contributed by atoms with E-state index in [9.17, 15) is 4.79 Å². The van der Waals surface area contributed by atoms with Crippen molar-refractivity contribution in [3.05, 3.63) is 35.9 Å². The Balaban J connectivity index is 1.67. The number of carboxylic acid groups (broad SMARTS) is 1. The Morgan fingerprint density at radius 3 is 1.33 bits per heavy atom. The van der Waals surface area contributed by atoms with E-state index in [1.54, 1.807) is 0 Å². The second-order valence-electron chi connectivity index (χ2n) is 6.05. The summed E-state index contributed by atoms with van der Waals surface area (Å²) in [5.74, 6) is -0.989. The van der Waals surface area contributed by atoms with Crippen molar-refractivity contribution in [1.82, 2.24) is 0 Å². The van der Waals surface area contributed by atoms with Crippen LogP contribution in [0, 0.1) is 0 Å². The fraction of sp³-hybridized carbons (Fsp3) is 0.667. The van der Waals surface area contributed by atoms with Gasteiger partial charge in [-0.3, -0.25) is 0 Å². The summed E-state index contributed by atoms with van der Waals surface area (Å²) in [5, 5.41) is 8.38. The molecule has 9 nitrogen and oxygen atoms in total. The highest BCUT2D eigenvalue weighted by Crippen LogP contribution is 1.99. The maximum Gasteiger partial charge on any atom is 0.329 e. The molecule has 0 amide bonds. The first-order valence-corrected chi connectivity index (χ1v) is 10.1. The van der Waals surface area contributed by atoms with Crippen LogP contribution in [-0.2, 0) is 44.6 Å². The summed E-state index contributed by atoms with van der Waals surface area (Å²) >= 11 is 0. The number of hydrogen-bond acceptors (Lipinski definition) is 8. The minimum Gasteiger partial charge on any atom is -0.480 e. The molecule has 1 aromatic rings. The molecule has 30 heavy (non-hydrogen) atoms. The molecule has 0 radical (unpaired) electrons. The van der Waals surface area contributed by atoms with Crippen LogP contribution in [0.2, 0.25) is 0 Å². The SMILES string of the molecule is O=C(O)COCCOCCOCCOCCOCCOCCOCc1ccccc1. The van der Waals surface area contributed by atoms with Crippen LogP contribution >= 0.6 is 0 Å². The lowest BCUT2D eigenvalue weighted by Crippen LogP contribution is -2.15. The third-order valence-corrected chi connectivity index (χ3v) is 3.57. The first kappa shape index (κ1) is 26.4. The molecule has 1 rings (SSSR count). The summed E-state index contributed by atoms with van der Waals surface area (Å²) < 4.78 is 37.2. The lowest BCUT2D eigenvalue weighted by Gasteiger charge is -2.08.